The Labute approximate surface area is 199 Å². The molecule has 0 atom stereocenters. The minimum absolute atomic E-state index is 0.298. The third-order valence-corrected chi connectivity index (χ3v) is 7.40. The molecular weight excluding hydrogens is 430 g/mol. The Morgan fingerprint density at radius 1 is 1.09 bits per heavy atom. The van der Waals surface area contributed by atoms with E-state index in [0.717, 1.165) is 91.7 Å². The van der Waals surface area contributed by atoms with Crippen molar-refractivity contribution in [3.05, 3.63) is 23.5 Å². The van der Waals surface area contributed by atoms with Crippen LogP contribution in [0.5, 0.6) is 5.88 Å². The van der Waals surface area contributed by atoms with Gasteiger partial charge in [0.05, 0.1) is 17.9 Å². The minimum Gasteiger partial charge on any atom is -0.476 e. The molecule has 180 valence electrons. The van der Waals surface area contributed by atoms with Gasteiger partial charge in [-0.1, -0.05) is 0 Å². The Morgan fingerprint density at radius 3 is 2.68 bits per heavy atom. The average Bonchev–Trinajstić information content (AvgIpc) is 3.50. The summed E-state index contributed by atoms with van der Waals surface area (Å²) in [5.74, 6) is 2.58. The molecule has 9 heteroatoms. The highest BCUT2D eigenvalue weighted by Crippen LogP contribution is 2.32. The number of anilines is 2. The van der Waals surface area contributed by atoms with Crippen LogP contribution >= 0.6 is 0 Å². The van der Waals surface area contributed by atoms with Gasteiger partial charge in [-0.15, -0.1) is 0 Å². The van der Waals surface area contributed by atoms with Crippen molar-refractivity contribution < 1.29 is 9.84 Å². The van der Waals surface area contributed by atoms with Crippen molar-refractivity contribution >= 4 is 17.3 Å². The number of aryl methyl sites for hydroxylation is 2. The van der Waals surface area contributed by atoms with Crippen LogP contribution in [0.1, 0.15) is 63.3 Å². The summed E-state index contributed by atoms with van der Waals surface area (Å²) in [6.07, 6.45) is 7.69. The number of rotatable bonds is 4. The fourth-order valence-electron chi connectivity index (χ4n) is 5.34. The van der Waals surface area contributed by atoms with Crippen molar-refractivity contribution in [1.29, 1.82) is 0 Å². The zero-order chi connectivity index (χ0) is 23.3. The highest BCUT2D eigenvalue weighted by atomic mass is 16.5. The molecule has 2 aliphatic heterocycles. The maximum absolute atomic E-state index is 10.4. The lowest BCUT2D eigenvalue weighted by Gasteiger charge is -2.34. The van der Waals surface area contributed by atoms with Gasteiger partial charge in [0.1, 0.15) is 28.7 Å². The molecule has 3 aromatic rings. The Bertz CT molecular complexity index is 1210. The molecule has 1 saturated heterocycles. The van der Waals surface area contributed by atoms with Gasteiger partial charge in [-0.05, 0) is 65.2 Å². The summed E-state index contributed by atoms with van der Waals surface area (Å²) < 4.78 is 7.60. The first-order valence-corrected chi connectivity index (χ1v) is 12.6. The second-order valence-corrected chi connectivity index (χ2v) is 10.3. The monoisotopic (exact) mass is 463 g/mol. The summed E-state index contributed by atoms with van der Waals surface area (Å²) in [7, 11) is 0. The van der Waals surface area contributed by atoms with Crippen LogP contribution in [-0.2, 0) is 6.42 Å². The topological polar surface area (TPSA) is 101 Å². The quantitative estimate of drug-likeness (QED) is 0.606. The first kappa shape index (κ1) is 21.6. The summed E-state index contributed by atoms with van der Waals surface area (Å²) in [5, 5.41) is 19.0. The summed E-state index contributed by atoms with van der Waals surface area (Å²) in [4.78, 5) is 16.9. The Morgan fingerprint density at radius 2 is 1.88 bits per heavy atom. The summed E-state index contributed by atoms with van der Waals surface area (Å²) in [6, 6.07) is 4.44. The first-order chi connectivity index (χ1) is 16.4. The van der Waals surface area contributed by atoms with Crippen molar-refractivity contribution in [3.63, 3.8) is 0 Å². The number of aliphatic hydroxyl groups is 1. The van der Waals surface area contributed by atoms with Gasteiger partial charge in [-0.25, -0.2) is 15.0 Å². The van der Waals surface area contributed by atoms with E-state index in [9.17, 15) is 5.11 Å². The molecule has 0 radical (unpaired) electrons. The molecule has 0 bridgehead atoms. The Kier molecular flexibility index (Phi) is 5.32. The standard InChI is InChI=1S/C25H33N7O2/c1-16-23(28-18-6-5-13-34-24(18)26-16)19-14-21-29-20(31-11-3-4-12-31)15-22(32(21)30-19)27-17-7-9-25(2,33)10-8-17/h14-15,17,27,33H,3-13H2,1-2H3/t17-,25-. The molecule has 1 aliphatic carbocycles. The SMILES string of the molecule is Cc1nc2c(nc1-c1cc3nc(N4CCCC4)cc(N[C@H]4CC[C@](C)(O)CC4)n3n1)CCCO2. The van der Waals surface area contributed by atoms with Crippen LogP contribution in [0.3, 0.4) is 0 Å². The second kappa shape index (κ2) is 8.37. The van der Waals surface area contributed by atoms with E-state index in [1.807, 2.05) is 24.4 Å². The molecule has 9 nitrogen and oxygen atoms in total. The van der Waals surface area contributed by atoms with Gasteiger partial charge in [0.2, 0.25) is 5.88 Å². The molecule has 3 aromatic heterocycles. The third kappa shape index (κ3) is 4.06. The van der Waals surface area contributed by atoms with Crippen molar-refractivity contribution in [2.24, 2.45) is 0 Å². The molecule has 0 unspecified atom stereocenters. The fourth-order valence-corrected chi connectivity index (χ4v) is 5.34. The van der Waals surface area contributed by atoms with E-state index in [0.29, 0.717) is 18.5 Å². The number of fused-ring (bicyclic) bond motifs is 2. The molecule has 2 fully saturated rings. The van der Waals surface area contributed by atoms with Crippen LogP contribution in [-0.4, -0.2) is 61.0 Å². The number of nitrogens with zero attached hydrogens (tertiary/aromatic N) is 6. The zero-order valence-corrected chi connectivity index (χ0v) is 20.0. The molecule has 1 saturated carbocycles. The zero-order valence-electron chi connectivity index (χ0n) is 20.0. The van der Waals surface area contributed by atoms with Gasteiger partial charge < -0.3 is 20.1 Å². The maximum Gasteiger partial charge on any atom is 0.235 e. The number of ether oxygens (including phenoxy) is 1. The number of nitrogens with one attached hydrogen (secondary N) is 1. The van der Waals surface area contributed by atoms with E-state index in [2.05, 4.69) is 21.3 Å². The second-order valence-electron chi connectivity index (χ2n) is 10.3. The van der Waals surface area contributed by atoms with E-state index >= 15 is 0 Å². The average molecular weight is 464 g/mol. The lowest BCUT2D eigenvalue weighted by Crippen LogP contribution is -2.36. The lowest BCUT2D eigenvalue weighted by molar-refractivity contribution is 0.0196. The predicted octanol–water partition coefficient (Wildman–Crippen LogP) is 3.53. The maximum atomic E-state index is 10.4. The normalized spacial score (nSPS) is 24.8. The molecule has 0 amide bonds. The summed E-state index contributed by atoms with van der Waals surface area (Å²) in [6.45, 7) is 6.66. The molecule has 34 heavy (non-hydrogen) atoms. The van der Waals surface area contributed by atoms with Crippen molar-refractivity contribution in [2.75, 3.05) is 29.9 Å². The van der Waals surface area contributed by atoms with Gasteiger partial charge in [0, 0.05) is 31.3 Å². The van der Waals surface area contributed by atoms with E-state index in [1.165, 1.54) is 12.8 Å². The Hall–Kier alpha value is -2.94. The van der Waals surface area contributed by atoms with Crippen molar-refractivity contribution in [1.82, 2.24) is 24.6 Å². The minimum atomic E-state index is -0.558. The number of hydrogen-bond donors (Lipinski definition) is 2. The van der Waals surface area contributed by atoms with Crippen LogP contribution in [0.4, 0.5) is 11.6 Å². The predicted molar refractivity (Wildman–Crippen MR) is 131 cm³/mol. The summed E-state index contributed by atoms with van der Waals surface area (Å²) in [5.41, 5.74) is 3.53. The van der Waals surface area contributed by atoms with Gasteiger partial charge in [0.15, 0.2) is 5.65 Å². The smallest absolute Gasteiger partial charge is 0.235 e. The van der Waals surface area contributed by atoms with E-state index in [-0.39, 0.29) is 0 Å². The molecule has 3 aliphatic rings. The van der Waals surface area contributed by atoms with Crippen LogP contribution in [0.25, 0.3) is 17.0 Å². The van der Waals surface area contributed by atoms with Gasteiger partial charge >= 0.3 is 0 Å². The largest absolute Gasteiger partial charge is 0.476 e. The third-order valence-electron chi connectivity index (χ3n) is 7.40. The van der Waals surface area contributed by atoms with Crippen molar-refractivity contribution in [3.8, 4) is 17.3 Å². The molecule has 0 aromatic carbocycles. The number of hydrogen-bond acceptors (Lipinski definition) is 8. The van der Waals surface area contributed by atoms with Gasteiger partial charge in [0.25, 0.3) is 0 Å². The van der Waals surface area contributed by atoms with Crippen LogP contribution in [0.15, 0.2) is 12.1 Å². The fraction of sp³-hybridized carbons (Fsp3) is 0.600. The summed E-state index contributed by atoms with van der Waals surface area (Å²) >= 11 is 0. The van der Waals surface area contributed by atoms with Crippen LogP contribution < -0.4 is 15.0 Å². The van der Waals surface area contributed by atoms with Gasteiger partial charge in [-0.2, -0.15) is 9.61 Å². The van der Waals surface area contributed by atoms with E-state index in [1.54, 1.807) is 0 Å². The van der Waals surface area contributed by atoms with Crippen molar-refractivity contribution in [2.45, 2.75) is 76.9 Å². The Balaban J connectivity index is 1.39. The van der Waals surface area contributed by atoms with E-state index < -0.39 is 5.60 Å². The highest BCUT2D eigenvalue weighted by molar-refractivity contribution is 5.67. The highest BCUT2D eigenvalue weighted by Gasteiger charge is 2.29. The lowest BCUT2D eigenvalue weighted by atomic mass is 9.84. The molecule has 6 rings (SSSR count). The van der Waals surface area contributed by atoms with E-state index in [4.69, 9.17) is 19.8 Å². The first-order valence-electron chi connectivity index (χ1n) is 12.6. The molecule has 0 spiro atoms. The molecule has 2 N–H and O–H groups in total. The van der Waals surface area contributed by atoms with Crippen LogP contribution in [0, 0.1) is 6.92 Å². The number of aromatic nitrogens is 5. The van der Waals surface area contributed by atoms with Crippen LogP contribution in [0.2, 0.25) is 0 Å². The molecule has 5 heterocycles. The van der Waals surface area contributed by atoms with Gasteiger partial charge in [-0.3, -0.25) is 0 Å². The molecular formula is C25H33N7O2.